The molecule has 0 spiro atoms. The number of rotatable bonds is 8. The van der Waals surface area contributed by atoms with Gasteiger partial charge in [0.2, 0.25) is 0 Å². The Morgan fingerprint density at radius 3 is 1.91 bits per heavy atom. The maximum absolute atomic E-state index is 6.65. The van der Waals surface area contributed by atoms with Crippen LogP contribution in [-0.4, -0.2) is 16.6 Å². The number of benzene rings is 8. The van der Waals surface area contributed by atoms with Gasteiger partial charge in [0.1, 0.15) is 5.84 Å². The molecule has 1 unspecified atom stereocenters. The van der Waals surface area contributed by atoms with Crippen LogP contribution in [-0.2, 0) is 5.41 Å². The zero-order chi connectivity index (χ0) is 37.5. The molecular formula is C52H38N4. The van der Waals surface area contributed by atoms with Gasteiger partial charge < -0.3 is 10.3 Å². The van der Waals surface area contributed by atoms with Crippen LogP contribution in [0.5, 0.6) is 0 Å². The lowest BCUT2D eigenvalue weighted by Gasteiger charge is -2.33. The number of hydrogen-bond donors (Lipinski definition) is 1. The van der Waals surface area contributed by atoms with Gasteiger partial charge in [-0.15, -0.1) is 0 Å². The molecular weight excluding hydrogens is 681 g/mol. The minimum Gasteiger partial charge on any atom is -0.383 e. The summed E-state index contributed by atoms with van der Waals surface area (Å²) in [5.41, 5.74) is 19.9. The molecule has 0 amide bonds. The quantitative estimate of drug-likeness (QED) is 0.123. The summed E-state index contributed by atoms with van der Waals surface area (Å²) in [6, 6.07) is 73.0. The third-order valence-electron chi connectivity index (χ3n) is 11.2. The molecule has 56 heavy (non-hydrogen) atoms. The average Bonchev–Trinajstić information content (AvgIpc) is 3.77. The Bertz CT molecular complexity index is 2870. The normalized spacial score (nSPS) is 13.9. The van der Waals surface area contributed by atoms with Gasteiger partial charge in [0.15, 0.2) is 6.17 Å². The fourth-order valence-corrected chi connectivity index (χ4v) is 8.80. The highest BCUT2D eigenvalue weighted by Crippen LogP contribution is 2.58. The average molecular weight is 719 g/mol. The van der Waals surface area contributed by atoms with E-state index in [4.69, 9.17) is 15.7 Å². The first-order valence-electron chi connectivity index (χ1n) is 19.1. The lowest BCUT2D eigenvalue weighted by atomic mass is 9.67. The molecule has 8 aromatic carbocycles. The van der Waals surface area contributed by atoms with Crippen LogP contribution in [0.25, 0.3) is 38.6 Å². The van der Waals surface area contributed by atoms with Crippen molar-refractivity contribution in [1.82, 2.24) is 4.57 Å². The van der Waals surface area contributed by atoms with E-state index in [9.17, 15) is 0 Å². The molecule has 1 aliphatic rings. The van der Waals surface area contributed by atoms with E-state index < -0.39 is 11.6 Å². The second kappa shape index (κ2) is 13.8. The Kier molecular flexibility index (Phi) is 8.23. The van der Waals surface area contributed by atoms with Crippen molar-refractivity contribution in [3.05, 3.63) is 245 Å². The number of aliphatic imine (C=N–C) groups is 2. The van der Waals surface area contributed by atoms with Crippen molar-refractivity contribution in [3.63, 3.8) is 0 Å². The van der Waals surface area contributed by atoms with Crippen LogP contribution in [0, 0.1) is 0 Å². The van der Waals surface area contributed by atoms with Crippen LogP contribution in [0.1, 0.15) is 45.1 Å². The molecule has 10 rings (SSSR count). The van der Waals surface area contributed by atoms with Crippen molar-refractivity contribution in [3.8, 4) is 16.8 Å². The van der Waals surface area contributed by atoms with E-state index in [2.05, 4.69) is 150 Å². The van der Waals surface area contributed by atoms with Gasteiger partial charge in [-0.25, -0.2) is 4.99 Å². The lowest BCUT2D eigenvalue weighted by Crippen LogP contribution is -2.28. The number of nitrogens with zero attached hydrogens (tertiary/aromatic N) is 3. The molecule has 4 nitrogen and oxygen atoms in total. The van der Waals surface area contributed by atoms with E-state index in [1.807, 2.05) is 66.9 Å². The van der Waals surface area contributed by atoms with Crippen molar-refractivity contribution in [2.24, 2.45) is 15.7 Å². The lowest BCUT2D eigenvalue weighted by molar-refractivity contribution is 0.769. The van der Waals surface area contributed by atoms with Crippen molar-refractivity contribution >= 4 is 33.9 Å². The van der Waals surface area contributed by atoms with Crippen LogP contribution in [0.15, 0.2) is 216 Å². The molecule has 0 bridgehead atoms. The highest BCUT2D eigenvalue weighted by atomic mass is 15.0. The Balaban J connectivity index is 1.20. The maximum atomic E-state index is 6.65. The Hall–Kier alpha value is -7.30. The fraction of sp³-hybridized carbons (Fsp3) is 0.0385. The third-order valence-corrected chi connectivity index (χ3v) is 11.2. The van der Waals surface area contributed by atoms with Gasteiger partial charge in [-0.3, -0.25) is 4.99 Å². The van der Waals surface area contributed by atoms with E-state index in [0.717, 1.165) is 33.4 Å². The van der Waals surface area contributed by atoms with Gasteiger partial charge in [-0.2, -0.15) is 0 Å². The molecule has 1 aliphatic carbocycles. The molecule has 2 N–H and O–H groups in total. The molecule has 266 valence electrons. The third kappa shape index (κ3) is 5.38. The zero-order valence-electron chi connectivity index (χ0n) is 30.7. The Morgan fingerprint density at radius 2 is 1.18 bits per heavy atom. The standard InChI is InChI=1S/C52H38N4/c53-50(37-20-7-2-8-21-37)55-51(54-35-36-18-5-1-6-19-36)38-22-17-27-41(34-38)56-46-31-16-14-29-43(46)49-47(56)33-32-45-48(49)42-28-13-15-30-44(42)52(45,39-23-9-3-10-24-39)40-25-11-4-12-26-40/h1-35,51H,(H2,53,55)/b54-35+. The van der Waals surface area contributed by atoms with E-state index in [1.54, 1.807) is 0 Å². The molecule has 9 aromatic rings. The van der Waals surface area contributed by atoms with Crippen molar-refractivity contribution in [1.29, 1.82) is 0 Å². The smallest absolute Gasteiger partial charge is 0.167 e. The van der Waals surface area contributed by atoms with E-state index >= 15 is 0 Å². The zero-order valence-corrected chi connectivity index (χ0v) is 30.7. The first-order valence-corrected chi connectivity index (χ1v) is 19.1. The highest BCUT2D eigenvalue weighted by molar-refractivity contribution is 6.18. The molecule has 4 heteroatoms. The van der Waals surface area contributed by atoms with Crippen molar-refractivity contribution in [2.75, 3.05) is 0 Å². The van der Waals surface area contributed by atoms with Gasteiger partial charge in [0.25, 0.3) is 0 Å². The van der Waals surface area contributed by atoms with Gasteiger partial charge >= 0.3 is 0 Å². The predicted molar refractivity (Wildman–Crippen MR) is 232 cm³/mol. The first-order chi connectivity index (χ1) is 27.7. The number of hydrogen-bond acceptors (Lipinski definition) is 2. The van der Waals surface area contributed by atoms with E-state index in [-0.39, 0.29) is 0 Å². The monoisotopic (exact) mass is 718 g/mol. The molecule has 0 saturated carbocycles. The van der Waals surface area contributed by atoms with Crippen LogP contribution < -0.4 is 5.73 Å². The topological polar surface area (TPSA) is 55.7 Å². The molecule has 0 fully saturated rings. The second-order valence-electron chi connectivity index (χ2n) is 14.3. The van der Waals surface area contributed by atoms with Gasteiger partial charge in [-0.1, -0.05) is 182 Å². The first kappa shape index (κ1) is 33.3. The number of para-hydroxylation sites is 1. The van der Waals surface area contributed by atoms with Gasteiger partial charge in [-0.05, 0) is 63.2 Å². The van der Waals surface area contributed by atoms with Gasteiger partial charge in [0.05, 0.1) is 16.4 Å². The van der Waals surface area contributed by atoms with Crippen LogP contribution in [0.3, 0.4) is 0 Å². The molecule has 0 aliphatic heterocycles. The summed E-state index contributed by atoms with van der Waals surface area (Å²) in [6.45, 7) is 0. The van der Waals surface area contributed by atoms with E-state index in [0.29, 0.717) is 5.84 Å². The largest absolute Gasteiger partial charge is 0.383 e. The Labute approximate surface area is 326 Å². The summed E-state index contributed by atoms with van der Waals surface area (Å²) in [5.74, 6) is 0.442. The minimum absolute atomic E-state index is 0.442. The molecule has 1 atom stereocenters. The molecule has 0 radical (unpaired) electrons. The number of aromatic nitrogens is 1. The van der Waals surface area contributed by atoms with Crippen molar-refractivity contribution < 1.29 is 0 Å². The van der Waals surface area contributed by atoms with Crippen LogP contribution >= 0.6 is 0 Å². The summed E-state index contributed by atoms with van der Waals surface area (Å²) in [5, 5.41) is 2.45. The Morgan fingerprint density at radius 1 is 0.554 bits per heavy atom. The number of amidine groups is 1. The summed E-state index contributed by atoms with van der Waals surface area (Å²) in [4.78, 5) is 10.0. The van der Waals surface area contributed by atoms with Crippen LogP contribution in [0.2, 0.25) is 0 Å². The summed E-state index contributed by atoms with van der Waals surface area (Å²) < 4.78 is 2.39. The summed E-state index contributed by atoms with van der Waals surface area (Å²) >= 11 is 0. The maximum Gasteiger partial charge on any atom is 0.167 e. The number of nitrogens with two attached hydrogens (primary N) is 1. The fourth-order valence-electron chi connectivity index (χ4n) is 8.80. The molecule has 0 saturated heterocycles. The van der Waals surface area contributed by atoms with E-state index in [1.165, 1.54) is 44.2 Å². The number of fused-ring (bicyclic) bond motifs is 7. The van der Waals surface area contributed by atoms with Crippen LogP contribution in [0.4, 0.5) is 0 Å². The summed E-state index contributed by atoms with van der Waals surface area (Å²) in [7, 11) is 0. The van der Waals surface area contributed by atoms with Gasteiger partial charge in [0, 0.05) is 33.8 Å². The van der Waals surface area contributed by atoms with Crippen molar-refractivity contribution in [2.45, 2.75) is 11.6 Å². The predicted octanol–water partition coefficient (Wildman–Crippen LogP) is 11.7. The second-order valence-corrected chi connectivity index (χ2v) is 14.3. The highest BCUT2D eigenvalue weighted by Gasteiger charge is 2.47. The molecule has 1 aromatic heterocycles. The molecule has 1 heterocycles. The SMILES string of the molecule is N/C(=N\C(/N=C/c1ccccc1)c1cccc(-n2c3ccccc3c3c4c(ccc32)C(c2ccccc2)(c2ccccc2)c2ccccc2-4)c1)c1ccccc1. The minimum atomic E-state index is -0.558. The summed E-state index contributed by atoms with van der Waals surface area (Å²) in [6.07, 6.45) is 1.32.